The van der Waals surface area contributed by atoms with Gasteiger partial charge in [-0.1, -0.05) is 48.0 Å². The molecule has 12 aliphatic rings. The Morgan fingerprint density at radius 2 is 0.774 bits per heavy atom. The number of anilines is 3. The van der Waals surface area contributed by atoms with Crippen LogP contribution in [-0.4, -0.2) is 193 Å². The zero-order valence-electron chi connectivity index (χ0n) is 68.8. The standard InChI is InChI=1S/C24H22ClFN4O2.2C23H23FN6O.C23H24N6O/c1-14-10-17(25)23(29-12-14)32-20-11-15-6-7-19(20)30(13-15)24(31)16-4-2-5-18(26)21(16)22-27-8-3-9-28-22;1-14-11-28-21(12-27-14)29-19-9-15-3-6-20(19)30(13-15)23(31)18-10-16(24)4-5-17(18)22-25-7-2-8-26-22;1-14-11-28-20(12-27-14)29-18-10-15-6-7-19(18)30(13-15)23(31)21-16(4-2-5-17(21)24)22-25-8-3-9-26-22;1-15-12-27-21(13-26-15)28-19-11-16-7-8-20(19)29(14-16)23(30)18-6-3-2-5-17(18)22-24-9-4-10-25-22/h2-5,8-10,12,15,19-20H,6-7,11,13H2,1H3;2,4-5,7-8,10-12,15,19-20H,3,6,9,13H2,1H3,(H,28,29);2-5,8-9,11-12,15,18-19H,6-7,10,13H2,1H3,(H,28,29);2-6,9-10,12-13,16,19-20H,7-8,11,14H2,1H3,(H,27,28). The minimum atomic E-state index is -0.551. The molecule has 12 aromatic rings. The summed E-state index contributed by atoms with van der Waals surface area (Å²) in [5, 5.41) is 10.9. The molecule has 3 N–H and O–H groups in total. The zero-order chi connectivity index (χ0) is 85.5. The lowest BCUT2D eigenvalue weighted by atomic mass is 9.76. The third kappa shape index (κ3) is 18.4. The molecular weight excluding hydrogens is 1600 g/mol. The topological polar surface area (TPSA) is 320 Å². The number of carbonyl (C=O) groups excluding carboxylic acids is 4. The Balaban J connectivity index is 0.000000117. The zero-order valence-corrected chi connectivity index (χ0v) is 69.6. The second-order valence-corrected chi connectivity index (χ2v) is 33.4. The minimum absolute atomic E-state index is 0.00779. The van der Waals surface area contributed by atoms with E-state index in [1.165, 1.54) is 36.7 Å². The van der Waals surface area contributed by atoms with Crippen molar-refractivity contribution in [2.24, 2.45) is 23.7 Å². The lowest BCUT2D eigenvalue weighted by Gasteiger charge is -2.50. The first-order valence-electron chi connectivity index (χ1n) is 42.1. The molecule has 12 atom stereocenters. The molecule has 8 aliphatic heterocycles. The molecule has 27 nitrogen and oxygen atoms in total. The van der Waals surface area contributed by atoms with Crippen molar-refractivity contribution < 1.29 is 37.1 Å². The number of halogens is 4. The fourth-order valence-corrected chi connectivity index (χ4v) is 19.2. The van der Waals surface area contributed by atoms with Gasteiger partial charge in [-0.25, -0.2) is 73.0 Å². The van der Waals surface area contributed by atoms with Crippen LogP contribution in [0.3, 0.4) is 0 Å². The number of nitrogens with zero attached hydrogens (tertiary/aromatic N) is 19. The van der Waals surface area contributed by atoms with Gasteiger partial charge in [0.05, 0.1) is 106 Å². The van der Waals surface area contributed by atoms with Gasteiger partial charge in [0.15, 0.2) is 23.3 Å². The highest BCUT2D eigenvalue weighted by atomic mass is 35.5. The number of rotatable bonds is 16. The molecule has 0 spiro atoms. The number of carbonyl (C=O) groups is 4. The van der Waals surface area contributed by atoms with E-state index in [2.05, 4.69) is 90.7 Å². The first-order chi connectivity index (χ1) is 60.4. The summed E-state index contributed by atoms with van der Waals surface area (Å²) in [6.07, 6.45) is 36.6. The van der Waals surface area contributed by atoms with Crippen LogP contribution in [0.5, 0.6) is 5.88 Å². The Hall–Kier alpha value is -13.3. The fourth-order valence-electron chi connectivity index (χ4n) is 18.9. The minimum Gasteiger partial charge on any atom is -0.471 e. The van der Waals surface area contributed by atoms with Crippen molar-refractivity contribution in [3.8, 4) is 51.4 Å². The third-order valence-electron chi connectivity index (χ3n) is 24.7. The van der Waals surface area contributed by atoms with Crippen LogP contribution in [0, 0.1) is 68.8 Å². The highest BCUT2D eigenvalue weighted by Crippen LogP contribution is 2.44. The first kappa shape index (κ1) is 83.0. The van der Waals surface area contributed by atoms with E-state index in [1.807, 2.05) is 77.6 Å². The summed E-state index contributed by atoms with van der Waals surface area (Å²) in [4.78, 5) is 127. The number of hydrogen-bond acceptors (Lipinski definition) is 23. The van der Waals surface area contributed by atoms with E-state index in [0.29, 0.717) is 106 Å². The number of hydrogen-bond donors (Lipinski definition) is 3. The van der Waals surface area contributed by atoms with E-state index >= 15 is 0 Å². The number of fused-ring (bicyclic) bond motifs is 12. The lowest BCUT2D eigenvalue weighted by Crippen LogP contribution is -2.60. The highest BCUT2D eigenvalue weighted by Gasteiger charge is 2.49. The van der Waals surface area contributed by atoms with Crippen LogP contribution in [-0.2, 0) is 0 Å². The molecule has 8 aromatic heterocycles. The number of nitrogens with one attached hydrogen (secondary N) is 3. The molecule has 4 amide bonds. The summed E-state index contributed by atoms with van der Waals surface area (Å²) in [5.41, 5.74) is 6.66. The van der Waals surface area contributed by atoms with Gasteiger partial charge in [0.2, 0.25) is 5.88 Å². The Morgan fingerprint density at radius 3 is 1.25 bits per heavy atom. The molecule has 8 saturated heterocycles. The van der Waals surface area contributed by atoms with Crippen LogP contribution in [0.4, 0.5) is 30.6 Å². The fraction of sp³-hybridized carbons (Fsp3) is 0.344. The maximum absolute atomic E-state index is 14.9. The maximum Gasteiger partial charge on any atom is 0.257 e. The molecule has 4 saturated carbocycles. The summed E-state index contributed by atoms with van der Waals surface area (Å²) < 4.78 is 50.1. The number of piperidine rings is 8. The van der Waals surface area contributed by atoms with Gasteiger partial charge >= 0.3 is 0 Å². The van der Waals surface area contributed by atoms with Gasteiger partial charge in [0, 0.05) is 117 Å². The van der Waals surface area contributed by atoms with Gasteiger partial charge in [-0.15, -0.1) is 0 Å². The van der Waals surface area contributed by atoms with Crippen LogP contribution in [0.2, 0.25) is 5.02 Å². The number of pyridine rings is 1. The maximum atomic E-state index is 14.9. The Bertz CT molecular complexity index is 5800. The van der Waals surface area contributed by atoms with Gasteiger partial charge < -0.3 is 40.3 Å². The number of amides is 4. The van der Waals surface area contributed by atoms with Crippen molar-refractivity contribution in [3.63, 3.8) is 0 Å². The van der Waals surface area contributed by atoms with Crippen molar-refractivity contribution in [1.29, 1.82) is 0 Å². The van der Waals surface area contributed by atoms with Crippen LogP contribution in [0.15, 0.2) is 202 Å². The van der Waals surface area contributed by atoms with Crippen molar-refractivity contribution in [3.05, 3.63) is 270 Å². The van der Waals surface area contributed by atoms with E-state index in [4.69, 9.17) is 16.3 Å². The van der Waals surface area contributed by atoms with Gasteiger partial charge in [-0.3, -0.25) is 34.1 Å². The molecule has 31 heteroatoms. The molecule has 16 heterocycles. The van der Waals surface area contributed by atoms with E-state index in [9.17, 15) is 32.3 Å². The summed E-state index contributed by atoms with van der Waals surface area (Å²) in [6, 6.07) is 29.9. The molecule has 632 valence electrons. The van der Waals surface area contributed by atoms with E-state index in [0.717, 1.165) is 118 Å². The number of ether oxygens (including phenoxy) is 1. The molecule has 0 radical (unpaired) electrons. The molecule has 124 heavy (non-hydrogen) atoms. The first-order valence-corrected chi connectivity index (χ1v) is 42.5. The SMILES string of the molecule is Cc1cnc(NC2CC3CCC2N(C(=O)c2c(F)cccc2-c2ncccn2)C3)cn1.Cc1cnc(NC2CC3CCC2N(C(=O)c2cc(F)ccc2-c2ncccn2)C3)cn1.Cc1cnc(NC2CC3CCC2N(C(=O)c2ccccc2-c2ncccn2)C3)cn1.Cc1cnc(OC2CC3CCC2N(C(=O)c2cccc(F)c2-c2ncccn2)C3)c(Cl)c1. The summed E-state index contributed by atoms with van der Waals surface area (Å²) in [5.74, 6) is 3.45. The van der Waals surface area contributed by atoms with Gasteiger partial charge in [0.25, 0.3) is 23.6 Å². The summed E-state index contributed by atoms with van der Waals surface area (Å²) in [6.45, 7) is 10.3. The van der Waals surface area contributed by atoms with Crippen molar-refractivity contribution in [2.45, 2.75) is 153 Å². The highest BCUT2D eigenvalue weighted by molar-refractivity contribution is 6.31. The predicted octanol–water partition coefficient (Wildman–Crippen LogP) is 15.0. The van der Waals surface area contributed by atoms with Gasteiger partial charge in [0.1, 0.15) is 46.0 Å². The predicted molar refractivity (Wildman–Crippen MR) is 459 cm³/mol. The average Bonchev–Trinajstić information content (AvgIpc) is 0.792. The second kappa shape index (κ2) is 37.2. The third-order valence-corrected chi connectivity index (χ3v) is 25.0. The Morgan fingerprint density at radius 1 is 0.371 bits per heavy atom. The quantitative estimate of drug-likeness (QED) is 0.0809. The Labute approximate surface area is 720 Å². The van der Waals surface area contributed by atoms with Crippen LogP contribution < -0.4 is 20.7 Å². The van der Waals surface area contributed by atoms with Crippen LogP contribution in [0.1, 0.15) is 141 Å². The molecule has 4 aliphatic carbocycles. The molecule has 8 bridgehead atoms. The van der Waals surface area contributed by atoms with Crippen molar-refractivity contribution >= 4 is 52.7 Å². The van der Waals surface area contributed by atoms with Crippen molar-refractivity contribution in [1.82, 2.24) is 94.4 Å². The lowest BCUT2D eigenvalue weighted by molar-refractivity contribution is -0.0313. The Kier molecular flexibility index (Phi) is 24.9. The molecular formula is C93H92ClF3N22O5. The number of benzene rings is 4. The molecule has 24 rings (SSSR count). The summed E-state index contributed by atoms with van der Waals surface area (Å²) >= 11 is 6.33. The van der Waals surface area contributed by atoms with Crippen LogP contribution >= 0.6 is 11.6 Å². The van der Waals surface area contributed by atoms with E-state index < -0.39 is 17.5 Å². The van der Waals surface area contributed by atoms with Crippen molar-refractivity contribution in [2.75, 3.05) is 42.1 Å². The monoisotopic (exact) mass is 1690 g/mol. The number of aryl methyl sites for hydroxylation is 4. The number of aromatic nitrogens is 15. The van der Waals surface area contributed by atoms with Crippen LogP contribution in [0.25, 0.3) is 45.6 Å². The van der Waals surface area contributed by atoms with E-state index in [-0.39, 0.29) is 94.5 Å². The summed E-state index contributed by atoms with van der Waals surface area (Å²) in [7, 11) is 0. The smallest absolute Gasteiger partial charge is 0.257 e. The molecule has 12 unspecified atom stereocenters. The molecule has 4 aromatic carbocycles. The van der Waals surface area contributed by atoms with Gasteiger partial charge in [-0.05, 0) is 207 Å². The van der Waals surface area contributed by atoms with E-state index in [1.54, 1.807) is 135 Å². The normalized spacial score (nSPS) is 22.4. The van der Waals surface area contributed by atoms with Gasteiger partial charge in [-0.2, -0.15) is 0 Å². The second-order valence-electron chi connectivity index (χ2n) is 33.0. The average molecular weight is 1690 g/mol. The largest absolute Gasteiger partial charge is 0.471 e. The molecule has 12 fully saturated rings.